The molecule has 1 N–H and O–H groups in total. The highest BCUT2D eigenvalue weighted by atomic mass is 79.9. The molecule has 0 radical (unpaired) electrons. The van der Waals surface area contributed by atoms with Gasteiger partial charge in [0.05, 0.1) is 5.75 Å². The van der Waals surface area contributed by atoms with Gasteiger partial charge in [-0.25, -0.2) is 0 Å². The molecule has 0 aliphatic rings. The van der Waals surface area contributed by atoms with Crippen LogP contribution >= 0.6 is 39.3 Å². The molecule has 0 spiro atoms. The van der Waals surface area contributed by atoms with E-state index in [4.69, 9.17) is 11.6 Å². The normalized spacial score (nSPS) is 11.8. The highest BCUT2D eigenvalue weighted by Crippen LogP contribution is 2.20. The van der Waals surface area contributed by atoms with E-state index < -0.39 is 6.04 Å². The van der Waals surface area contributed by atoms with Crippen molar-refractivity contribution < 1.29 is 9.59 Å². The SMILES string of the molecule is CC(C)CNC(=O)[C@H](Cc1ccccc1)N(Cc1ccc(Cl)cc1)C(=O)CSCc1ccc(Br)cc1. The average molecular weight is 588 g/mol. The second-order valence-corrected chi connectivity index (χ2v) is 11.4. The van der Waals surface area contributed by atoms with Gasteiger partial charge in [0.15, 0.2) is 0 Å². The van der Waals surface area contributed by atoms with Crippen LogP contribution in [0.3, 0.4) is 0 Å². The summed E-state index contributed by atoms with van der Waals surface area (Å²) in [6.45, 7) is 5.01. The van der Waals surface area contributed by atoms with Gasteiger partial charge in [-0.2, -0.15) is 0 Å². The molecule has 7 heteroatoms. The summed E-state index contributed by atoms with van der Waals surface area (Å²) in [7, 11) is 0. The van der Waals surface area contributed by atoms with Crippen LogP contribution in [0.15, 0.2) is 83.3 Å². The number of thioether (sulfide) groups is 1. The van der Waals surface area contributed by atoms with E-state index in [0.29, 0.717) is 30.5 Å². The van der Waals surface area contributed by atoms with Gasteiger partial charge in [-0.15, -0.1) is 11.8 Å². The molecule has 3 aromatic carbocycles. The molecular formula is C29H32BrClN2O2S. The van der Waals surface area contributed by atoms with E-state index in [-0.39, 0.29) is 17.6 Å². The topological polar surface area (TPSA) is 49.4 Å². The number of carbonyl (C=O) groups excluding carboxylic acids is 2. The van der Waals surface area contributed by atoms with Crippen LogP contribution in [0.4, 0.5) is 0 Å². The number of nitrogens with zero attached hydrogens (tertiary/aromatic N) is 1. The maximum absolute atomic E-state index is 13.6. The molecule has 0 fully saturated rings. The summed E-state index contributed by atoms with van der Waals surface area (Å²) < 4.78 is 1.03. The Balaban J connectivity index is 1.82. The predicted molar refractivity (Wildman–Crippen MR) is 154 cm³/mol. The van der Waals surface area contributed by atoms with E-state index >= 15 is 0 Å². The standard InChI is InChI=1S/C29H32BrClN2O2S/c1-21(2)17-32-29(35)27(16-22-6-4-3-5-7-22)33(18-23-10-14-26(31)15-11-23)28(34)20-36-19-24-8-12-25(30)13-9-24/h3-15,21,27H,16-20H2,1-2H3,(H,32,35)/t27-/m0/s1. The first-order valence-corrected chi connectivity index (χ1v) is 14.3. The third kappa shape index (κ3) is 9.30. The molecule has 0 aliphatic heterocycles. The monoisotopic (exact) mass is 586 g/mol. The van der Waals surface area contributed by atoms with E-state index in [1.807, 2.05) is 78.9 Å². The molecule has 1 atom stereocenters. The van der Waals surface area contributed by atoms with Gasteiger partial charge in [0, 0.05) is 34.8 Å². The summed E-state index contributed by atoms with van der Waals surface area (Å²) in [5.41, 5.74) is 3.09. The number of halogens is 2. The maximum Gasteiger partial charge on any atom is 0.243 e. The van der Waals surface area contributed by atoms with Crippen LogP contribution in [0.1, 0.15) is 30.5 Å². The Morgan fingerprint density at radius 1 is 0.917 bits per heavy atom. The summed E-state index contributed by atoms with van der Waals surface area (Å²) in [4.78, 5) is 28.8. The van der Waals surface area contributed by atoms with Crippen molar-refractivity contribution in [1.82, 2.24) is 10.2 Å². The molecule has 3 aromatic rings. The Bertz CT molecular complexity index is 1110. The number of hydrogen-bond acceptors (Lipinski definition) is 3. The van der Waals surface area contributed by atoms with Crippen molar-refractivity contribution in [1.29, 1.82) is 0 Å². The third-order valence-electron chi connectivity index (χ3n) is 5.63. The fourth-order valence-corrected chi connectivity index (χ4v) is 4.94. The Morgan fingerprint density at radius 3 is 2.19 bits per heavy atom. The van der Waals surface area contributed by atoms with Crippen LogP contribution in [0.5, 0.6) is 0 Å². The van der Waals surface area contributed by atoms with Gasteiger partial charge in [0.25, 0.3) is 0 Å². The number of carbonyl (C=O) groups is 2. The molecule has 190 valence electrons. The van der Waals surface area contributed by atoms with Gasteiger partial charge in [0.1, 0.15) is 6.04 Å². The molecule has 4 nitrogen and oxygen atoms in total. The second kappa shape index (κ2) is 14.5. The number of amides is 2. The molecule has 2 amide bonds. The Labute approximate surface area is 231 Å². The summed E-state index contributed by atoms with van der Waals surface area (Å²) in [6.07, 6.45) is 0.446. The van der Waals surface area contributed by atoms with Gasteiger partial charge in [-0.1, -0.05) is 96.0 Å². The lowest BCUT2D eigenvalue weighted by molar-refractivity contribution is -0.139. The Kier molecular flexibility index (Phi) is 11.4. The minimum absolute atomic E-state index is 0.0623. The van der Waals surface area contributed by atoms with Crippen molar-refractivity contribution in [2.75, 3.05) is 12.3 Å². The third-order valence-corrected chi connectivity index (χ3v) is 7.40. The van der Waals surface area contributed by atoms with Crippen LogP contribution < -0.4 is 5.32 Å². The quantitative estimate of drug-likeness (QED) is 0.255. The maximum atomic E-state index is 13.6. The summed E-state index contributed by atoms with van der Waals surface area (Å²) in [6, 6.07) is 24.8. The van der Waals surface area contributed by atoms with Crippen LogP contribution in [0.25, 0.3) is 0 Å². The molecule has 3 rings (SSSR count). The zero-order chi connectivity index (χ0) is 25.9. The van der Waals surface area contributed by atoms with Crippen molar-refractivity contribution in [2.45, 2.75) is 38.6 Å². The Hall–Kier alpha value is -2.28. The van der Waals surface area contributed by atoms with Gasteiger partial charge >= 0.3 is 0 Å². The zero-order valence-corrected chi connectivity index (χ0v) is 23.8. The molecule has 0 heterocycles. The minimum Gasteiger partial charge on any atom is -0.354 e. The molecule has 0 aliphatic carbocycles. The van der Waals surface area contributed by atoms with E-state index in [9.17, 15) is 9.59 Å². The molecule has 0 saturated carbocycles. The molecule has 0 saturated heterocycles. The summed E-state index contributed by atoms with van der Waals surface area (Å²) in [5, 5.41) is 3.69. The van der Waals surface area contributed by atoms with Crippen LogP contribution in [0, 0.1) is 5.92 Å². The highest BCUT2D eigenvalue weighted by Gasteiger charge is 2.30. The van der Waals surface area contributed by atoms with Crippen molar-refractivity contribution in [3.63, 3.8) is 0 Å². The fourth-order valence-electron chi connectivity index (χ4n) is 3.68. The lowest BCUT2D eigenvalue weighted by Crippen LogP contribution is -2.51. The van der Waals surface area contributed by atoms with Gasteiger partial charge < -0.3 is 10.2 Å². The van der Waals surface area contributed by atoms with Crippen molar-refractivity contribution >= 4 is 51.1 Å². The van der Waals surface area contributed by atoms with Crippen molar-refractivity contribution in [2.24, 2.45) is 5.92 Å². The smallest absolute Gasteiger partial charge is 0.243 e. The lowest BCUT2D eigenvalue weighted by atomic mass is 10.0. The second-order valence-electron chi connectivity index (χ2n) is 9.11. The van der Waals surface area contributed by atoms with Crippen LogP contribution in [-0.4, -0.2) is 35.1 Å². The number of rotatable bonds is 12. The zero-order valence-electron chi connectivity index (χ0n) is 20.6. The van der Waals surface area contributed by atoms with E-state index in [1.54, 1.807) is 16.7 Å². The van der Waals surface area contributed by atoms with E-state index in [0.717, 1.165) is 26.9 Å². The molecule has 0 aromatic heterocycles. The van der Waals surface area contributed by atoms with Crippen LogP contribution in [-0.2, 0) is 28.3 Å². The number of nitrogens with one attached hydrogen (secondary N) is 1. The van der Waals surface area contributed by atoms with E-state index in [2.05, 4.69) is 35.1 Å². The summed E-state index contributed by atoms with van der Waals surface area (Å²) >= 11 is 11.1. The van der Waals surface area contributed by atoms with Crippen molar-refractivity contribution in [3.05, 3.63) is 105 Å². The number of hydrogen-bond donors (Lipinski definition) is 1. The lowest BCUT2D eigenvalue weighted by Gasteiger charge is -2.32. The van der Waals surface area contributed by atoms with Gasteiger partial charge in [-0.05, 0) is 46.9 Å². The fraction of sp³-hybridized carbons (Fsp3) is 0.310. The first-order chi connectivity index (χ1) is 17.3. The highest BCUT2D eigenvalue weighted by molar-refractivity contribution is 9.10. The molecule has 0 unspecified atom stereocenters. The van der Waals surface area contributed by atoms with Gasteiger partial charge in [0.2, 0.25) is 11.8 Å². The number of benzene rings is 3. The van der Waals surface area contributed by atoms with Gasteiger partial charge in [-0.3, -0.25) is 9.59 Å². The predicted octanol–water partition coefficient (Wildman–Crippen LogP) is 6.75. The van der Waals surface area contributed by atoms with E-state index in [1.165, 1.54) is 0 Å². The van der Waals surface area contributed by atoms with Crippen LogP contribution in [0.2, 0.25) is 5.02 Å². The molecule has 0 bridgehead atoms. The van der Waals surface area contributed by atoms with Crippen molar-refractivity contribution in [3.8, 4) is 0 Å². The summed E-state index contributed by atoms with van der Waals surface area (Å²) in [5.74, 6) is 1.12. The largest absolute Gasteiger partial charge is 0.354 e. The molecular weight excluding hydrogens is 556 g/mol. The first kappa shape index (κ1) is 28.3. The average Bonchev–Trinajstić information content (AvgIpc) is 2.87. The first-order valence-electron chi connectivity index (χ1n) is 12.0. The minimum atomic E-state index is -0.623. The molecule has 36 heavy (non-hydrogen) atoms. The Morgan fingerprint density at radius 2 is 1.56 bits per heavy atom.